The molecule has 0 radical (unpaired) electrons. The summed E-state index contributed by atoms with van der Waals surface area (Å²) in [5.74, 6) is 0. The van der Waals surface area contributed by atoms with Crippen molar-refractivity contribution in [3.05, 3.63) is 29.3 Å². The van der Waals surface area contributed by atoms with Gasteiger partial charge in [-0.3, -0.25) is 4.90 Å². The molecule has 17 heavy (non-hydrogen) atoms. The van der Waals surface area contributed by atoms with Crippen molar-refractivity contribution in [2.45, 2.75) is 12.5 Å². The second-order valence-electron chi connectivity index (χ2n) is 4.39. The minimum Gasteiger partial charge on any atom is -0.367 e. The van der Waals surface area contributed by atoms with Crippen molar-refractivity contribution in [3.63, 3.8) is 0 Å². The summed E-state index contributed by atoms with van der Waals surface area (Å²) in [6.45, 7) is 2.80. The van der Waals surface area contributed by atoms with E-state index in [1.807, 2.05) is 24.3 Å². The van der Waals surface area contributed by atoms with Gasteiger partial charge in [0.05, 0.1) is 23.2 Å². The molecular formula is C13H16ClN3. The maximum absolute atomic E-state index is 8.83. The highest BCUT2D eigenvalue weighted by Gasteiger charge is 2.24. The summed E-state index contributed by atoms with van der Waals surface area (Å²) >= 11 is 6.20. The van der Waals surface area contributed by atoms with Crippen LogP contribution in [0.1, 0.15) is 6.42 Å². The summed E-state index contributed by atoms with van der Waals surface area (Å²) in [5.41, 5.74) is 1.07. The van der Waals surface area contributed by atoms with Crippen LogP contribution >= 0.6 is 11.6 Å². The van der Waals surface area contributed by atoms with E-state index in [2.05, 4.69) is 22.9 Å². The molecule has 0 saturated carbocycles. The fourth-order valence-electron chi connectivity index (χ4n) is 2.20. The molecule has 1 fully saturated rings. The van der Waals surface area contributed by atoms with E-state index in [-0.39, 0.29) is 0 Å². The van der Waals surface area contributed by atoms with E-state index in [0.717, 1.165) is 30.3 Å². The number of rotatable bonds is 2. The highest BCUT2D eigenvalue weighted by Crippen LogP contribution is 2.27. The fraction of sp³-hybridized carbons (Fsp3) is 0.462. The van der Waals surface area contributed by atoms with Crippen LogP contribution in [0, 0.1) is 11.3 Å². The maximum atomic E-state index is 8.83. The van der Waals surface area contributed by atoms with Gasteiger partial charge in [0.1, 0.15) is 0 Å². The second kappa shape index (κ2) is 5.39. The lowest BCUT2D eigenvalue weighted by Crippen LogP contribution is -2.51. The first-order valence-corrected chi connectivity index (χ1v) is 6.17. The molecule has 1 saturated heterocycles. The minimum atomic E-state index is 0.296. The zero-order valence-electron chi connectivity index (χ0n) is 9.93. The molecule has 1 atom stereocenters. The van der Waals surface area contributed by atoms with Crippen LogP contribution in [0.25, 0.3) is 0 Å². The summed E-state index contributed by atoms with van der Waals surface area (Å²) in [7, 11) is 2.08. The van der Waals surface area contributed by atoms with Crippen LogP contribution in [-0.2, 0) is 0 Å². The van der Waals surface area contributed by atoms with E-state index in [0.29, 0.717) is 12.5 Å². The van der Waals surface area contributed by atoms with Crippen LogP contribution in [0.4, 0.5) is 5.69 Å². The lowest BCUT2D eigenvalue weighted by molar-refractivity contribution is 0.221. The molecule has 1 aromatic carbocycles. The van der Waals surface area contributed by atoms with Crippen LogP contribution in [0.2, 0.25) is 5.02 Å². The largest absolute Gasteiger partial charge is 0.367 e. The molecule has 90 valence electrons. The number of para-hydroxylation sites is 1. The normalized spacial score (nSPS) is 21.2. The molecule has 4 heteroatoms. The third-order valence-electron chi connectivity index (χ3n) is 3.30. The van der Waals surface area contributed by atoms with E-state index < -0.39 is 0 Å². The highest BCUT2D eigenvalue weighted by atomic mass is 35.5. The molecule has 0 amide bonds. The third-order valence-corrected chi connectivity index (χ3v) is 3.62. The molecule has 1 heterocycles. The lowest BCUT2D eigenvalue weighted by atomic mass is 10.1. The molecular weight excluding hydrogens is 234 g/mol. The van der Waals surface area contributed by atoms with Gasteiger partial charge < -0.3 is 4.90 Å². The lowest BCUT2D eigenvalue weighted by Gasteiger charge is -2.40. The Kier molecular flexibility index (Phi) is 3.88. The van der Waals surface area contributed by atoms with Crippen LogP contribution < -0.4 is 4.90 Å². The molecule has 0 aliphatic carbocycles. The Bertz CT molecular complexity index is 427. The first-order chi connectivity index (χ1) is 8.22. The Balaban J connectivity index is 2.14. The Hall–Kier alpha value is -1.24. The fourth-order valence-corrected chi connectivity index (χ4v) is 2.45. The van der Waals surface area contributed by atoms with Crippen LogP contribution in [0.15, 0.2) is 24.3 Å². The quantitative estimate of drug-likeness (QED) is 0.806. The van der Waals surface area contributed by atoms with Crippen LogP contribution in [0.5, 0.6) is 0 Å². The predicted molar refractivity (Wildman–Crippen MR) is 70.3 cm³/mol. The van der Waals surface area contributed by atoms with Crippen molar-refractivity contribution in [2.24, 2.45) is 0 Å². The van der Waals surface area contributed by atoms with Gasteiger partial charge in [0.25, 0.3) is 0 Å². The van der Waals surface area contributed by atoms with Gasteiger partial charge in [0, 0.05) is 25.7 Å². The Morgan fingerprint density at radius 3 is 2.88 bits per heavy atom. The van der Waals surface area contributed by atoms with E-state index in [1.54, 1.807) is 0 Å². The number of anilines is 1. The van der Waals surface area contributed by atoms with E-state index in [4.69, 9.17) is 16.9 Å². The first kappa shape index (κ1) is 12.2. The molecule has 0 bridgehead atoms. The number of piperazine rings is 1. The number of halogens is 1. The van der Waals surface area contributed by atoms with Gasteiger partial charge in [-0.2, -0.15) is 5.26 Å². The topological polar surface area (TPSA) is 30.3 Å². The average Bonchev–Trinajstić information content (AvgIpc) is 2.33. The number of likely N-dealkylation sites (N-methyl/N-ethyl adjacent to an activating group) is 1. The number of hydrogen-bond donors (Lipinski definition) is 0. The highest BCUT2D eigenvalue weighted by molar-refractivity contribution is 6.33. The van der Waals surface area contributed by atoms with Crippen molar-refractivity contribution in [1.29, 1.82) is 5.26 Å². The molecule has 1 aromatic rings. The monoisotopic (exact) mass is 249 g/mol. The summed E-state index contributed by atoms with van der Waals surface area (Å²) in [5, 5.41) is 9.61. The summed E-state index contributed by atoms with van der Waals surface area (Å²) in [6.07, 6.45) is 0.567. The number of nitriles is 1. The summed E-state index contributed by atoms with van der Waals surface area (Å²) in [4.78, 5) is 4.51. The minimum absolute atomic E-state index is 0.296. The van der Waals surface area contributed by atoms with Crippen molar-refractivity contribution >= 4 is 17.3 Å². The Labute approximate surface area is 107 Å². The molecule has 3 nitrogen and oxygen atoms in total. The third kappa shape index (κ3) is 2.71. The van der Waals surface area contributed by atoms with Crippen molar-refractivity contribution in [3.8, 4) is 6.07 Å². The van der Waals surface area contributed by atoms with Gasteiger partial charge in [0.15, 0.2) is 0 Å². The molecule has 1 aliphatic rings. The Morgan fingerprint density at radius 2 is 2.18 bits per heavy atom. The molecule has 0 spiro atoms. The second-order valence-corrected chi connectivity index (χ2v) is 4.80. The molecule has 0 N–H and O–H groups in total. The van der Waals surface area contributed by atoms with E-state index in [1.165, 1.54) is 0 Å². The first-order valence-electron chi connectivity index (χ1n) is 5.79. The SMILES string of the molecule is CN1CCN(c2ccccc2Cl)CC1CC#N. The summed E-state index contributed by atoms with van der Waals surface area (Å²) in [6, 6.07) is 10.4. The standard InChI is InChI=1S/C13H16ClN3/c1-16-8-9-17(10-11(16)6-7-15)13-5-3-2-4-12(13)14/h2-5,11H,6,8-10H2,1H3. The number of benzene rings is 1. The zero-order valence-corrected chi connectivity index (χ0v) is 10.7. The van der Waals surface area contributed by atoms with Gasteiger partial charge in [-0.15, -0.1) is 0 Å². The van der Waals surface area contributed by atoms with Crippen molar-refractivity contribution in [1.82, 2.24) is 4.90 Å². The van der Waals surface area contributed by atoms with E-state index in [9.17, 15) is 0 Å². The smallest absolute Gasteiger partial charge is 0.0639 e. The zero-order chi connectivity index (χ0) is 12.3. The van der Waals surface area contributed by atoms with Crippen molar-refractivity contribution in [2.75, 3.05) is 31.6 Å². The van der Waals surface area contributed by atoms with Gasteiger partial charge in [-0.1, -0.05) is 23.7 Å². The average molecular weight is 250 g/mol. The van der Waals surface area contributed by atoms with Gasteiger partial charge in [-0.05, 0) is 19.2 Å². The number of nitrogens with zero attached hydrogens (tertiary/aromatic N) is 3. The molecule has 1 unspecified atom stereocenters. The van der Waals surface area contributed by atoms with Crippen LogP contribution in [-0.4, -0.2) is 37.6 Å². The van der Waals surface area contributed by atoms with Crippen LogP contribution in [0.3, 0.4) is 0 Å². The Morgan fingerprint density at radius 1 is 1.41 bits per heavy atom. The predicted octanol–water partition coefficient (Wildman–Crippen LogP) is 2.37. The summed E-state index contributed by atoms with van der Waals surface area (Å²) < 4.78 is 0. The molecule has 2 rings (SSSR count). The van der Waals surface area contributed by atoms with Gasteiger partial charge in [-0.25, -0.2) is 0 Å². The van der Waals surface area contributed by atoms with Crippen molar-refractivity contribution < 1.29 is 0 Å². The van der Waals surface area contributed by atoms with E-state index >= 15 is 0 Å². The molecule has 1 aliphatic heterocycles. The van der Waals surface area contributed by atoms with Gasteiger partial charge >= 0.3 is 0 Å². The number of hydrogen-bond acceptors (Lipinski definition) is 3. The maximum Gasteiger partial charge on any atom is 0.0639 e. The molecule has 0 aromatic heterocycles. The van der Waals surface area contributed by atoms with Gasteiger partial charge in [0.2, 0.25) is 0 Å².